The van der Waals surface area contributed by atoms with Crippen molar-refractivity contribution in [2.75, 3.05) is 0 Å². The Balaban J connectivity index is 2.48. The van der Waals surface area contributed by atoms with Crippen molar-refractivity contribution < 1.29 is 14.5 Å². The summed E-state index contributed by atoms with van der Waals surface area (Å²) in [6.45, 7) is 7.33. The van der Waals surface area contributed by atoms with Crippen LogP contribution in [0.4, 0.5) is 0 Å². The molecule has 0 saturated carbocycles. The number of carbonyl (C=O) groups excluding carboxylic acids is 1. The lowest BCUT2D eigenvalue weighted by atomic mass is 10.0. The highest BCUT2D eigenvalue weighted by Gasteiger charge is 2.42. The van der Waals surface area contributed by atoms with E-state index in [0.29, 0.717) is 6.42 Å². The van der Waals surface area contributed by atoms with Gasteiger partial charge < -0.3 is 9.68 Å². The molecule has 0 amide bonds. The van der Waals surface area contributed by atoms with Crippen molar-refractivity contribution in [2.45, 2.75) is 39.7 Å². The van der Waals surface area contributed by atoms with Crippen LogP contribution in [0.5, 0.6) is 0 Å². The van der Waals surface area contributed by atoms with Gasteiger partial charge in [0.25, 0.3) is 0 Å². The molecule has 0 spiro atoms. The first-order chi connectivity index (χ1) is 6.94. The molecule has 5 nitrogen and oxygen atoms in total. The molecule has 1 heterocycles. The number of hydrogen-bond acceptors (Lipinski definition) is 5. The van der Waals surface area contributed by atoms with Gasteiger partial charge >= 0.3 is 5.97 Å². The first kappa shape index (κ1) is 11.7. The highest BCUT2D eigenvalue weighted by molar-refractivity contribution is 5.92. The third kappa shape index (κ3) is 3.04. The van der Waals surface area contributed by atoms with Crippen molar-refractivity contribution in [2.24, 2.45) is 16.2 Å². The average molecular weight is 212 g/mol. The minimum Gasteiger partial charge on any atom is -0.377 e. The molecule has 0 aliphatic carbocycles. The number of hydrogen-bond donors (Lipinski definition) is 0. The quantitative estimate of drug-likeness (QED) is 0.406. The largest absolute Gasteiger partial charge is 0.381 e. The molecule has 0 saturated heterocycles. The standard InChI is InChI=1S/C10H16N2O3/c1-7(2)6-11-14-9(13)10(4)5-8(3)12-15-10/h6-7H,5H2,1-4H3/b11-6+. The van der Waals surface area contributed by atoms with Gasteiger partial charge in [0.15, 0.2) is 0 Å². The SMILES string of the molecule is CC1=NOC(C)(C(=O)O/N=C/C(C)C)C1. The van der Waals surface area contributed by atoms with E-state index >= 15 is 0 Å². The van der Waals surface area contributed by atoms with Crippen molar-refractivity contribution in [1.29, 1.82) is 0 Å². The predicted octanol–water partition coefficient (Wildman–Crippen LogP) is 1.73. The number of carbonyl (C=O) groups is 1. The van der Waals surface area contributed by atoms with Crippen LogP contribution in [0.25, 0.3) is 0 Å². The van der Waals surface area contributed by atoms with E-state index in [0.717, 1.165) is 5.71 Å². The molecule has 15 heavy (non-hydrogen) atoms. The number of nitrogens with zero attached hydrogens (tertiary/aromatic N) is 2. The summed E-state index contributed by atoms with van der Waals surface area (Å²) in [4.78, 5) is 21.3. The van der Waals surface area contributed by atoms with Gasteiger partial charge in [-0.2, -0.15) is 0 Å². The lowest BCUT2D eigenvalue weighted by Crippen LogP contribution is -2.36. The lowest BCUT2D eigenvalue weighted by Gasteiger charge is -2.16. The molecule has 1 unspecified atom stereocenters. The lowest BCUT2D eigenvalue weighted by molar-refractivity contribution is -0.167. The third-order valence-corrected chi connectivity index (χ3v) is 1.92. The normalized spacial score (nSPS) is 25.5. The van der Waals surface area contributed by atoms with Gasteiger partial charge in [0.2, 0.25) is 5.60 Å². The van der Waals surface area contributed by atoms with Crippen LogP contribution in [0.2, 0.25) is 0 Å². The molecular weight excluding hydrogens is 196 g/mol. The summed E-state index contributed by atoms with van der Waals surface area (Å²) in [7, 11) is 0. The molecular formula is C10H16N2O3. The molecule has 1 rings (SSSR count). The molecule has 1 atom stereocenters. The Morgan fingerprint density at radius 3 is 2.87 bits per heavy atom. The zero-order valence-electron chi connectivity index (χ0n) is 9.48. The molecule has 5 heteroatoms. The highest BCUT2D eigenvalue weighted by atomic mass is 16.7. The molecule has 1 aliphatic rings. The monoisotopic (exact) mass is 212 g/mol. The van der Waals surface area contributed by atoms with Crippen LogP contribution in [0, 0.1) is 5.92 Å². The van der Waals surface area contributed by atoms with Crippen LogP contribution in [0.1, 0.15) is 34.1 Å². The average Bonchev–Trinajstić information content (AvgIpc) is 2.47. The molecule has 0 N–H and O–H groups in total. The van der Waals surface area contributed by atoms with Crippen LogP contribution >= 0.6 is 0 Å². The number of oxime groups is 2. The van der Waals surface area contributed by atoms with E-state index in [4.69, 9.17) is 9.68 Å². The summed E-state index contributed by atoms with van der Waals surface area (Å²) < 4.78 is 0. The maximum absolute atomic E-state index is 11.6. The molecule has 0 aromatic carbocycles. The maximum atomic E-state index is 11.6. The Morgan fingerprint density at radius 1 is 1.73 bits per heavy atom. The van der Waals surface area contributed by atoms with Crippen LogP contribution in [0.3, 0.4) is 0 Å². The summed E-state index contributed by atoms with van der Waals surface area (Å²) in [5, 5.41) is 7.30. The van der Waals surface area contributed by atoms with E-state index in [9.17, 15) is 4.79 Å². The minimum absolute atomic E-state index is 0.244. The Bertz CT molecular complexity index is 310. The van der Waals surface area contributed by atoms with E-state index in [-0.39, 0.29) is 5.92 Å². The Hall–Kier alpha value is -1.39. The van der Waals surface area contributed by atoms with Gasteiger partial charge in [-0.3, -0.25) is 0 Å². The fourth-order valence-electron chi connectivity index (χ4n) is 1.14. The summed E-state index contributed by atoms with van der Waals surface area (Å²) >= 11 is 0. The van der Waals surface area contributed by atoms with Crippen LogP contribution in [-0.2, 0) is 14.5 Å². The third-order valence-electron chi connectivity index (χ3n) is 1.92. The van der Waals surface area contributed by atoms with Crippen molar-refractivity contribution in [3.05, 3.63) is 0 Å². The van der Waals surface area contributed by atoms with Crippen LogP contribution < -0.4 is 0 Å². The van der Waals surface area contributed by atoms with E-state index in [1.165, 1.54) is 0 Å². The minimum atomic E-state index is -1.02. The molecule has 0 aromatic rings. The maximum Gasteiger partial charge on any atom is 0.381 e. The second-order valence-electron chi connectivity index (χ2n) is 4.20. The van der Waals surface area contributed by atoms with E-state index < -0.39 is 11.6 Å². The van der Waals surface area contributed by atoms with Gasteiger partial charge in [-0.25, -0.2) is 4.79 Å². The Labute approximate surface area is 89.1 Å². The first-order valence-corrected chi connectivity index (χ1v) is 4.90. The van der Waals surface area contributed by atoms with Crippen LogP contribution in [0.15, 0.2) is 10.3 Å². The van der Waals surface area contributed by atoms with E-state index in [1.807, 2.05) is 13.8 Å². The summed E-state index contributed by atoms with van der Waals surface area (Å²) in [6, 6.07) is 0. The van der Waals surface area contributed by atoms with E-state index in [1.54, 1.807) is 20.1 Å². The Kier molecular flexibility index (Phi) is 3.44. The van der Waals surface area contributed by atoms with Crippen molar-refractivity contribution >= 4 is 17.9 Å². The number of rotatable bonds is 3. The van der Waals surface area contributed by atoms with Gasteiger partial charge in [-0.05, 0) is 19.8 Å². The molecule has 0 bridgehead atoms. The zero-order valence-corrected chi connectivity index (χ0v) is 9.48. The van der Waals surface area contributed by atoms with Gasteiger partial charge in [-0.15, -0.1) is 0 Å². The zero-order chi connectivity index (χ0) is 11.5. The summed E-state index contributed by atoms with van der Waals surface area (Å²) in [5.41, 5.74) is -0.236. The smallest absolute Gasteiger partial charge is 0.377 e. The fourth-order valence-corrected chi connectivity index (χ4v) is 1.14. The molecule has 0 radical (unpaired) electrons. The van der Waals surface area contributed by atoms with Gasteiger partial charge in [-0.1, -0.05) is 24.2 Å². The summed E-state index contributed by atoms with van der Waals surface area (Å²) in [5.74, 6) is -0.270. The topological polar surface area (TPSA) is 60.2 Å². The van der Waals surface area contributed by atoms with Crippen LogP contribution in [-0.4, -0.2) is 23.5 Å². The molecule has 1 aliphatic heterocycles. The first-order valence-electron chi connectivity index (χ1n) is 4.90. The fraction of sp³-hybridized carbons (Fsp3) is 0.700. The molecule has 84 valence electrons. The molecule has 0 aromatic heterocycles. The Morgan fingerprint density at radius 2 is 2.40 bits per heavy atom. The van der Waals surface area contributed by atoms with Crippen molar-refractivity contribution in [3.63, 3.8) is 0 Å². The van der Waals surface area contributed by atoms with Crippen molar-refractivity contribution in [3.8, 4) is 0 Å². The second-order valence-corrected chi connectivity index (χ2v) is 4.20. The van der Waals surface area contributed by atoms with Gasteiger partial charge in [0, 0.05) is 12.6 Å². The van der Waals surface area contributed by atoms with E-state index in [2.05, 4.69) is 10.3 Å². The van der Waals surface area contributed by atoms with Gasteiger partial charge in [0.05, 0.1) is 5.71 Å². The highest BCUT2D eigenvalue weighted by Crippen LogP contribution is 2.24. The van der Waals surface area contributed by atoms with Crippen molar-refractivity contribution in [1.82, 2.24) is 0 Å². The predicted molar refractivity (Wildman–Crippen MR) is 56.6 cm³/mol. The summed E-state index contributed by atoms with van der Waals surface area (Å²) in [6.07, 6.45) is 2.01. The second kappa shape index (κ2) is 4.42. The molecule has 0 fully saturated rings. The van der Waals surface area contributed by atoms with Gasteiger partial charge in [0.1, 0.15) is 0 Å².